The fourth-order valence-electron chi connectivity index (χ4n) is 6.53. The average molecular weight is 695 g/mol. The van der Waals surface area contributed by atoms with Crippen molar-refractivity contribution in [2.24, 2.45) is 11.8 Å². The van der Waals surface area contributed by atoms with Crippen molar-refractivity contribution in [3.8, 4) is 0 Å². The summed E-state index contributed by atoms with van der Waals surface area (Å²) in [6, 6.07) is 23.1. The molecular weight excluding hydrogens is 633 g/mol. The van der Waals surface area contributed by atoms with Crippen LogP contribution in [0.2, 0.25) is 51.4 Å². The second-order valence-electron chi connectivity index (χ2n) is 16.9. The van der Waals surface area contributed by atoms with E-state index in [0.29, 0.717) is 37.9 Å². The molecular formula is C39H62N2O5Si2. The highest BCUT2D eigenvalue weighted by Crippen LogP contribution is 2.38. The van der Waals surface area contributed by atoms with E-state index in [9.17, 15) is 0 Å². The Balaban J connectivity index is 1.51. The van der Waals surface area contributed by atoms with E-state index in [1.165, 1.54) is 36.8 Å². The van der Waals surface area contributed by atoms with Crippen molar-refractivity contribution in [1.82, 2.24) is 9.80 Å². The summed E-state index contributed by atoms with van der Waals surface area (Å²) in [6.45, 7) is 17.5. The summed E-state index contributed by atoms with van der Waals surface area (Å²) in [6.07, 6.45) is 5.32. The molecule has 266 valence electrons. The van der Waals surface area contributed by atoms with Crippen molar-refractivity contribution < 1.29 is 23.7 Å². The molecule has 4 atom stereocenters. The number of benzene rings is 2. The minimum Gasteiger partial charge on any atom is -0.356 e. The normalized spacial score (nSPS) is 23.8. The van der Waals surface area contributed by atoms with Crippen LogP contribution in [-0.2, 0) is 31.8 Å². The first-order valence-electron chi connectivity index (χ1n) is 18.5. The summed E-state index contributed by atoms with van der Waals surface area (Å²) < 4.78 is 26.2. The van der Waals surface area contributed by atoms with Crippen molar-refractivity contribution in [1.29, 1.82) is 0 Å². The van der Waals surface area contributed by atoms with Gasteiger partial charge in [0, 0.05) is 42.5 Å². The van der Waals surface area contributed by atoms with Crippen LogP contribution in [0, 0.1) is 11.8 Å². The number of rotatable bonds is 20. The first-order chi connectivity index (χ1) is 23.0. The molecule has 0 radical (unpaired) electrons. The van der Waals surface area contributed by atoms with Crippen LogP contribution in [0.25, 0.3) is 0 Å². The topological polar surface area (TPSA) is 60.5 Å². The van der Waals surface area contributed by atoms with Crippen LogP contribution in [0.15, 0.2) is 60.7 Å². The van der Waals surface area contributed by atoms with Gasteiger partial charge in [0.15, 0.2) is 0 Å². The fraction of sp³-hybridized carbons (Fsp3) is 0.667. The number of hydrogen-bond donors (Lipinski definition) is 0. The minimum absolute atomic E-state index is 0.134. The lowest BCUT2D eigenvalue weighted by atomic mass is 9.90. The van der Waals surface area contributed by atoms with E-state index in [-0.39, 0.29) is 31.7 Å². The molecule has 0 bridgehead atoms. The molecule has 5 rings (SSSR count). The Hall–Kier alpha value is -2.02. The fourth-order valence-corrected chi connectivity index (χ4v) is 8.04. The molecule has 1 saturated heterocycles. The molecule has 1 aliphatic heterocycles. The third-order valence-corrected chi connectivity index (χ3v) is 13.3. The number of amides is 2. The number of carbonyl (C=O) groups excluding carboxylic acids is 1. The van der Waals surface area contributed by atoms with E-state index in [0.717, 1.165) is 25.2 Å². The summed E-state index contributed by atoms with van der Waals surface area (Å²) in [5, 5.41) is 0. The maximum Gasteiger partial charge on any atom is 0.320 e. The molecule has 1 heterocycles. The standard InChI is InChI=1S/C39H62N2O5Si2/c1-47(2,3)23-21-43-29-45-37-35(25-31-13-9-7-10-14-31)40(27-33-17-18-33)39(42)41(28-34-19-20-34)36(26-32-15-11-8-12-16-32)38(37)46-30-44-22-24-48(4,5)6/h7-16,33-38H,17-30H2,1-6H3/t35-,36-,37+,38+/m1/s1. The highest BCUT2D eigenvalue weighted by molar-refractivity contribution is 6.76. The van der Waals surface area contributed by atoms with Gasteiger partial charge in [0.25, 0.3) is 0 Å². The summed E-state index contributed by atoms with van der Waals surface area (Å²) in [5.74, 6) is 1.08. The highest BCUT2D eigenvalue weighted by atomic mass is 28.3. The van der Waals surface area contributed by atoms with Gasteiger partial charge >= 0.3 is 6.03 Å². The lowest BCUT2D eigenvalue weighted by molar-refractivity contribution is -0.187. The highest BCUT2D eigenvalue weighted by Gasteiger charge is 2.50. The van der Waals surface area contributed by atoms with Gasteiger partial charge in [-0.3, -0.25) is 0 Å². The molecule has 7 nitrogen and oxygen atoms in total. The number of carbonyl (C=O) groups is 1. The zero-order valence-corrected chi connectivity index (χ0v) is 32.6. The van der Waals surface area contributed by atoms with E-state index in [1.54, 1.807) is 0 Å². The Kier molecular flexibility index (Phi) is 13.4. The predicted octanol–water partition coefficient (Wildman–Crippen LogP) is 8.16. The van der Waals surface area contributed by atoms with E-state index < -0.39 is 28.4 Å². The molecule has 2 saturated carbocycles. The molecule has 9 heteroatoms. The maximum atomic E-state index is 15.0. The van der Waals surface area contributed by atoms with Gasteiger partial charge in [-0.2, -0.15) is 0 Å². The number of nitrogens with zero attached hydrogens (tertiary/aromatic N) is 2. The van der Waals surface area contributed by atoms with E-state index in [2.05, 4.69) is 110 Å². The van der Waals surface area contributed by atoms with Gasteiger partial charge in [0.05, 0.1) is 12.1 Å². The third kappa shape index (κ3) is 12.1. The molecule has 0 aromatic heterocycles. The van der Waals surface area contributed by atoms with Crippen molar-refractivity contribution in [2.45, 2.75) is 114 Å². The first kappa shape index (κ1) is 37.2. The smallest absolute Gasteiger partial charge is 0.320 e. The Bertz CT molecular complexity index is 1150. The van der Waals surface area contributed by atoms with Gasteiger partial charge in [0.2, 0.25) is 0 Å². The van der Waals surface area contributed by atoms with Gasteiger partial charge in [-0.1, -0.05) is 99.9 Å². The Morgan fingerprint density at radius 1 is 0.604 bits per heavy atom. The van der Waals surface area contributed by atoms with Crippen LogP contribution in [0.3, 0.4) is 0 Å². The van der Waals surface area contributed by atoms with Crippen molar-refractivity contribution in [3.63, 3.8) is 0 Å². The molecule has 0 unspecified atom stereocenters. The zero-order valence-electron chi connectivity index (χ0n) is 30.6. The van der Waals surface area contributed by atoms with E-state index >= 15 is 4.79 Å². The Morgan fingerprint density at radius 3 is 1.31 bits per heavy atom. The van der Waals surface area contributed by atoms with Crippen LogP contribution in [0.1, 0.15) is 36.8 Å². The van der Waals surface area contributed by atoms with Crippen LogP contribution in [0.4, 0.5) is 4.79 Å². The SMILES string of the molecule is C[Si](C)(C)CCOCO[C@@H]1[C@@H](OCOCC[Si](C)(C)C)[C@@H](Cc2ccccc2)N(CC2CC2)C(=O)N(CC2CC2)[C@@H]1Cc1ccccc1. The average Bonchev–Trinajstić information content (AvgIpc) is 3.97. The molecule has 2 aromatic carbocycles. The molecule has 3 fully saturated rings. The summed E-state index contributed by atoms with van der Waals surface area (Å²) in [4.78, 5) is 19.4. The van der Waals surface area contributed by atoms with Crippen LogP contribution >= 0.6 is 0 Å². The van der Waals surface area contributed by atoms with Crippen molar-refractivity contribution >= 4 is 22.2 Å². The van der Waals surface area contributed by atoms with Gasteiger partial charge in [-0.05, 0) is 73.6 Å². The number of ether oxygens (including phenoxy) is 4. The zero-order chi connectivity index (χ0) is 34.1. The lowest BCUT2D eigenvalue weighted by Gasteiger charge is -2.38. The van der Waals surface area contributed by atoms with Gasteiger partial charge in [0.1, 0.15) is 25.8 Å². The molecule has 2 aromatic rings. The van der Waals surface area contributed by atoms with Crippen LogP contribution in [-0.4, -0.2) is 96.2 Å². The maximum absolute atomic E-state index is 15.0. The summed E-state index contributed by atoms with van der Waals surface area (Å²) in [5.41, 5.74) is 2.40. The molecule has 48 heavy (non-hydrogen) atoms. The van der Waals surface area contributed by atoms with E-state index in [4.69, 9.17) is 18.9 Å². The monoisotopic (exact) mass is 694 g/mol. The van der Waals surface area contributed by atoms with Crippen molar-refractivity contribution in [2.75, 3.05) is 39.9 Å². The molecule has 2 amide bonds. The van der Waals surface area contributed by atoms with Gasteiger partial charge in [-0.25, -0.2) is 4.79 Å². The largest absolute Gasteiger partial charge is 0.356 e. The quantitative estimate of drug-likeness (QED) is 0.0796. The van der Waals surface area contributed by atoms with E-state index in [1.807, 2.05) is 0 Å². The Morgan fingerprint density at radius 2 is 0.979 bits per heavy atom. The first-order valence-corrected chi connectivity index (χ1v) is 25.9. The van der Waals surface area contributed by atoms with Crippen LogP contribution in [0.5, 0.6) is 0 Å². The second kappa shape index (κ2) is 17.3. The molecule has 0 spiro atoms. The van der Waals surface area contributed by atoms with Gasteiger partial charge < -0.3 is 28.7 Å². The molecule has 0 N–H and O–H groups in total. The van der Waals surface area contributed by atoms with Gasteiger partial charge in [-0.15, -0.1) is 0 Å². The van der Waals surface area contributed by atoms with Crippen molar-refractivity contribution in [3.05, 3.63) is 71.8 Å². The molecule has 3 aliphatic rings. The third-order valence-electron chi connectivity index (χ3n) is 9.93. The molecule has 2 aliphatic carbocycles. The van der Waals surface area contributed by atoms with Crippen LogP contribution < -0.4 is 0 Å². The second-order valence-corrected chi connectivity index (χ2v) is 28.2. The lowest BCUT2D eigenvalue weighted by Crippen LogP contribution is -2.54. The minimum atomic E-state index is -1.26. The number of urea groups is 1. The summed E-state index contributed by atoms with van der Waals surface area (Å²) >= 11 is 0. The summed E-state index contributed by atoms with van der Waals surface area (Å²) in [7, 11) is -2.51. The Labute approximate surface area is 292 Å². The number of hydrogen-bond acceptors (Lipinski definition) is 5. The predicted molar refractivity (Wildman–Crippen MR) is 200 cm³/mol.